The van der Waals surface area contributed by atoms with Crippen LogP contribution in [0.4, 0.5) is 14.9 Å². The molecule has 0 spiro atoms. The van der Waals surface area contributed by atoms with Crippen molar-refractivity contribution in [2.24, 2.45) is 0 Å². The maximum atomic E-state index is 13.8. The van der Waals surface area contributed by atoms with E-state index in [4.69, 9.17) is 9.47 Å². The highest BCUT2D eigenvalue weighted by atomic mass is 19.1. The summed E-state index contributed by atoms with van der Waals surface area (Å²) in [4.78, 5) is 53.7. The number of esters is 1. The van der Waals surface area contributed by atoms with E-state index in [0.717, 1.165) is 16.7 Å². The predicted molar refractivity (Wildman–Crippen MR) is 148 cm³/mol. The van der Waals surface area contributed by atoms with Gasteiger partial charge in [0, 0.05) is 6.42 Å². The number of para-hydroxylation sites is 1. The van der Waals surface area contributed by atoms with Gasteiger partial charge in [0.15, 0.2) is 0 Å². The number of alkyl carbamates (subject to hydrolysis) is 1. The second-order valence-corrected chi connectivity index (χ2v) is 11.3. The van der Waals surface area contributed by atoms with Crippen LogP contribution in [-0.4, -0.2) is 65.5 Å². The number of aryl methyl sites for hydroxylation is 1. The van der Waals surface area contributed by atoms with E-state index in [2.05, 4.69) is 10.6 Å². The van der Waals surface area contributed by atoms with Gasteiger partial charge >= 0.3 is 12.1 Å². The quantitative estimate of drug-likeness (QED) is 0.396. The summed E-state index contributed by atoms with van der Waals surface area (Å²) >= 11 is 0. The Kier molecular flexibility index (Phi) is 9.27. The van der Waals surface area contributed by atoms with E-state index in [-0.39, 0.29) is 13.0 Å². The number of nitrogens with one attached hydrogen (secondary N) is 2. The Bertz CT molecular complexity index is 1280. The van der Waals surface area contributed by atoms with E-state index >= 15 is 0 Å². The zero-order valence-electron chi connectivity index (χ0n) is 23.4. The first kappa shape index (κ1) is 30.0. The topological polar surface area (TPSA) is 134 Å². The Hall–Kier alpha value is -3.99. The van der Waals surface area contributed by atoms with Gasteiger partial charge in [-0.05, 0) is 50.3 Å². The fraction of sp³-hybridized carbons (Fsp3) is 0.467. The fourth-order valence-corrected chi connectivity index (χ4v) is 5.11. The largest absolute Gasteiger partial charge is 0.460 e. The molecule has 3 amide bonds. The van der Waals surface area contributed by atoms with Crippen LogP contribution in [0, 0.1) is 0 Å². The summed E-state index contributed by atoms with van der Waals surface area (Å²) in [5.74, 6) is -1.86. The number of amides is 3. The molecule has 0 aromatic heterocycles. The zero-order chi connectivity index (χ0) is 29.7. The molecule has 4 atom stereocenters. The van der Waals surface area contributed by atoms with Gasteiger partial charge in [0.05, 0.1) is 18.2 Å². The van der Waals surface area contributed by atoms with Crippen LogP contribution in [0.5, 0.6) is 0 Å². The second kappa shape index (κ2) is 12.7. The summed E-state index contributed by atoms with van der Waals surface area (Å²) in [5.41, 5.74) is 2.22. The smallest absolute Gasteiger partial charge is 0.408 e. The molecule has 0 saturated heterocycles. The van der Waals surface area contributed by atoms with E-state index < -0.39 is 66.8 Å². The number of carbonyl (C=O) groups excluding carboxylic acids is 4. The van der Waals surface area contributed by atoms with E-state index in [1.165, 1.54) is 4.90 Å². The number of carbonyl (C=O) groups is 4. The lowest BCUT2D eigenvalue weighted by Crippen LogP contribution is -2.57. The normalized spacial score (nSPS) is 19.4. The van der Waals surface area contributed by atoms with E-state index in [9.17, 15) is 28.7 Å². The van der Waals surface area contributed by atoms with Gasteiger partial charge in [0.25, 0.3) is 0 Å². The van der Waals surface area contributed by atoms with Crippen LogP contribution < -0.4 is 15.5 Å². The lowest BCUT2D eigenvalue weighted by atomic mass is 10.0. The number of hydrogen-bond donors (Lipinski definition) is 3. The molecule has 220 valence electrons. The molecule has 0 bridgehead atoms. The third kappa shape index (κ3) is 7.40. The van der Waals surface area contributed by atoms with Crippen molar-refractivity contribution in [2.75, 3.05) is 11.6 Å². The standard InChI is InChI=1S/C30H36FN3O7/c1-30(2,3)41-25(36)15-22(24(35)16-31)32-27(37)23-14-20-11-7-10-19-12-13-21(28(38)34(23)26(19)20)33-29(39)40-17-18-8-5-4-6-9-18/h4-11,21-24,35H,12-17H2,1-3H3,(H,32,37)(H,33,39)/t21-,22?,23-,24?/m0/s1. The van der Waals surface area contributed by atoms with Crippen LogP contribution in [0.15, 0.2) is 48.5 Å². The molecule has 0 saturated carbocycles. The van der Waals surface area contributed by atoms with Gasteiger partial charge in [0.1, 0.15) is 37.1 Å². The number of nitrogens with zero attached hydrogens (tertiary/aromatic N) is 1. The number of aliphatic hydroxyl groups is 1. The van der Waals surface area contributed by atoms with Gasteiger partial charge in [-0.25, -0.2) is 9.18 Å². The molecule has 0 radical (unpaired) electrons. The van der Waals surface area contributed by atoms with Crippen molar-refractivity contribution in [3.63, 3.8) is 0 Å². The minimum Gasteiger partial charge on any atom is -0.460 e. The van der Waals surface area contributed by atoms with Crippen LogP contribution in [0.2, 0.25) is 0 Å². The van der Waals surface area contributed by atoms with Crippen molar-refractivity contribution in [1.82, 2.24) is 10.6 Å². The number of ether oxygens (including phenoxy) is 2. The van der Waals surface area contributed by atoms with Gasteiger partial charge in [-0.1, -0.05) is 48.5 Å². The summed E-state index contributed by atoms with van der Waals surface area (Å²) in [5, 5.41) is 15.5. The Morgan fingerprint density at radius 3 is 2.49 bits per heavy atom. The van der Waals surface area contributed by atoms with Gasteiger partial charge in [0.2, 0.25) is 11.8 Å². The highest BCUT2D eigenvalue weighted by Gasteiger charge is 2.45. The molecule has 4 rings (SSSR count). The maximum absolute atomic E-state index is 13.8. The molecule has 2 aromatic rings. The second-order valence-electron chi connectivity index (χ2n) is 11.3. The van der Waals surface area contributed by atoms with Crippen LogP contribution >= 0.6 is 0 Å². The average molecular weight is 570 g/mol. The molecule has 2 aliphatic rings. The van der Waals surface area contributed by atoms with Crippen LogP contribution in [-0.2, 0) is 43.3 Å². The monoisotopic (exact) mass is 569 g/mol. The lowest BCUT2D eigenvalue weighted by molar-refractivity contribution is -0.156. The molecule has 2 aliphatic heterocycles. The maximum Gasteiger partial charge on any atom is 0.408 e. The third-order valence-corrected chi connectivity index (χ3v) is 6.97. The first-order chi connectivity index (χ1) is 19.5. The Labute approximate surface area is 238 Å². The molecule has 3 N–H and O–H groups in total. The number of anilines is 1. The van der Waals surface area contributed by atoms with Crippen molar-refractivity contribution in [1.29, 1.82) is 0 Å². The summed E-state index contributed by atoms with van der Waals surface area (Å²) in [6.07, 6.45) is -1.92. The predicted octanol–water partition coefficient (Wildman–Crippen LogP) is 2.73. The highest BCUT2D eigenvalue weighted by Crippen LogP contribution is 2.39. The first-order valence-electron chi connectivity index (χ1n) is 13.6. The van der Waals surface area contributed by atoms with E-state index in [1.54, 1.807) is 20.8 Å². The summed E-state index contributed by atoms with van der Waals surface area (Å²) in [7, 11) is 0. The first-order valence-corrected chi connectivity index (χ1v) is 13.6. The van der Waals surface area contributed by atoms with E-state index in [0.29, 0.717) is 18.5 Å². The number of benzene rings is 2. The average Bonchev–Trinajstić information content (AvgIpc) is 3.26. The molecular formula is C30H36FN3O7. The summed E-state index contributed by atoms with van der Waals surface area (Å²) in [6, 6.07) is 11.4. The van der Waals surface area contributed by atoms with Crippen LogP contribution in [0.25, 0.3) is 0 Å². The van der Waals surface area contributed by atoms with Crippen molar-refractivity contribution in [3.8, 4) is 0 Å². The number of aliphatic hydroxyl groups excluding tert-OH is 1. The number of rotatable bonds is 9. The fourth-order valence-electron chi connectivity index (χ4n) is 5.11. The van der Waals surface area contributed by atoms with Gasteiger partial charge < -0.3 is 25.2 Å². The minimum atomic E-state index is -1.65. The third-order valence-electron chi connectivity index (χ3n) is 6.97. The Morgan fingerprint density at radius 2 is 1.80 bits per heavy atom. The van der Waals surface area contributed by atoms with E-state index in [1.807, 2.05) is 48.5 Å². The zero-order valence-corrected chi connectivity index (χ0v) is 23.4. The van der Waals surface area contributed by atoms with Gasteiger partial charge in [-0.2, -0.15) is 0 Å². The van der Waals surface area contributed by atoms with Crippen molar-refractivity contribution in [2.45, 2.75) is 82.9 Å². The molecule has 2 aromatic carbocycles. The SMILES string of the molecule is CC(C)(C)OC(=O)CC(NC(=O)[C@@H]1Cc2cccc3c2N1C(=O)[C@@H](NC(=O)OCc1ccccc1)CC3)C(O)CF. The van der Waals surface area contributed by atoms with Crippen molar-refractivity contribution >= 4 is 29.6 Å². The van der Waals surface area contributed by atoms with Gasteiger partial charge in [-0.3, -0.25) is 19.3 Å². The number of halogens is 1. The van der Waals surface area contributed by atoms with Crippen LogP contribution in [0.3, 0.4) is 0 Å². The highest BCUT2D eigenvalue weighted by molar-refractivity contribution is 6.07. The minimum absolute atomic E-state index is 0.0304. The molecule has 11 heteroatoms. The molecule has 41 heavy (non-hydrogen) atoms. The lowest BCUT2D eigenvalue weighted by Gasteiger charge is -2.30. The number of hydrogen-bond acceptors (Lipinski definition) is 7. The molecule has 10 nitrogen and oxygen atoms in total. The summed E-state index contributed by atoms with van der Waals surface area (Å²) < 4.78 is 24.1. The molecule has 0 fully saturated rings. The molecular weight excluding hydrogens is 533 g/mol. The van der Waals surface area contributed by atoms with Crippen LogP contribution in [0.1, 0.15) is 50.3 Å². The van der Waals surface area contributed by atoms with Crippen molar-refractivity contribution in [3.05, 3.63) is 65.2 Å². The summed E-state index contributed by atoms with van der Waals surface area (Å²) in [6.45, 7) is 3.85. The Morgan fingerprint density at radius 1 is 1.10 bits per heavy atom. The Balaban J connectivity index is 1.50. The molecule has 2 heterocycles. The number of alkyl halides is 1. The van der Waals surface area contributed by atoms with Gasteiger partial charge in [-0.15, -0.1) is 0 Å². The van der Waals surface area contributed by atoms with Crippen molar-refractivity contribution < 1.29 is 38.1 Å². The molecule has 2 unspecified atom stereocenters. The molecule has 0 aliphatic carbocycles.